The quantitative estimate of drug-likeness (QED) is 0.803. The average Bonchev–Trinajstić information content (AvgIpc) is 2.25. The number of rotatable bonds is 6. The van der Waals surface area contributed by atoms with Crippen LogP contribution in [-0.4, -0.2) is 23.8 Å². The third-order valence-electron chi connectivity index (χ3n) is 2.44. The van der Waals surface area contributed by atoms with E-state index in [-0.39, 0.29) is 6.10 Å². The van der Waals surface area contributed by atoms with Gasteiger partial charge in [0, 0.05) is 17.6 Å². The number of aliphatic hydroxyl groups excluding tert-OH is 1. The van der Waals surface area contributed by atoms with Gasteiger partial charge in [0.15, 0.2) is 0 Å². The van der Waals surface area contributed by atoms with Gasteiger partial charge in [-0.2, -0.15) is 0 Å². The molecule has 0 amide bonds. The molecule has 0 saturated carbocycles. The van der Waals surface area contributed by atoms with E-state index in [1.54, 1.807) is 0 Å². The smallest absolute Gasteiger partial charge is 0.0667 e. The molecule has 1 atom stereocenters. The largest absolute Gasteiger partial charge is 0.392 e. The Hall–Kier alpha value is -0.570. The van der Waals surface area contributed by atoms with E-state index in [1.807, 2.05) is 24.3 Å². The predicted octanol–water partition coefficient (Wildman–Crippen LogP) is 2.63. The molecule has 0 aromatic heterocycles. The first-order valence-electron chi connectivity index (χ1n) is 5.74. The van der Waals surface area contributed by atoms with Crippen LogP contribution < -0.4 is 5.32 Å². The van der Waals surface area contributed by atoms with E-state index >= 15 is 0 Å². The first kappa shape index (κ1) is 13.5. The summed E-state index contributed by atoms with van der Waals surface area (Å²) < 4.78 is 0. The highest BCUT2D eigenvalue weighted by molar-refractivity contribution is 6.30. The minimum atomic E-state index is -0.280. The van der Waals surface area contributed by atoms with Crippen molar-refractivity contribution in [3.8, 4) is 0 Å². The Balaban J connectivity index is 2.26. The van der Waals surface area contributed by atoms with Gasteiger partial charge in [-0.25, -0.2) is 0 Å². The Morgan fingerprint density at radius 2 is 1.88 bits per heavy atom. The maximum Gasteiger partial charge on any atom is 0.0667 e. The van der Waals surface area contributed by atoms with Crippen molar-refractivity contribution in [3.05, 3.63) is 34.9 Å². The molecule has 0 radical (unpaired) electrons. The Kier molecular flexibility index (Phi) is 5.81. The van der Waals surface area contributed by atoms with Gasteiger partial charge in [-0.1, -0.05) is 37.6 Å². The van der Waals surface area contributed by atoms with Gasteiger partial charge in [0.2, 0.25) is 0 Å². The Labute approximate surface area is 103 Å². The van der Waals surface area contributed by atoms with Crippen LogP contribution in [0.2, 0.25) is 5.02 Å². The summed E-state index contributed by atoms with van der Waals surface area (Å²) >= 11 is 5.80. The van der Waals surface area contributed by atoms with Crippen LogP contribution in [0.25, 0.3) is 0 Å². The second kappa shape index (κ2) is 6.89. The van der Waals surface area contributed by atoms with Gasteiger partial charge in [0.25, 0.3) is 0 Å². The molecule has 1 aromatic carbocycles. The first-order chi connectivity index (χ1) is 7.58. The van der Waals surface area contributed by atoms with Crippen LogP contribution in [0.5, 0.6) is 0 Å². The van der Waals surface area contributed by atoms with Crippen LogP contribution in [0, 0.1) is 0 Å². The van der Waals surface area contributed by atoms with Gasteiger partial charge in [-0.15, -0.1) is 0 Å². The molecule has 0 fully saturated rings. The maximum absolute atomic E-state index is 9.73. The fourth-order valence-electron chi connectivity index (χ4n) is 1.46. The van der Waals surface area contributed by atoms with Crippen LogP contribution in [0.4, 0.5) is 0 Å². The zero-order valence-electron chi connectivity index (χ0n) is 9.91. The van der Waals surface area contributed by atoms with E-state index in [2.05, 4.69) is 19.2 Å². The van der Waals surface area contributed by atoms with E-state index in [4.69, 9.17) is 11.6 Å². The lowest BCUT2D eigenvalue weighted by atomic mass is 10.1. The Morgan fingerprint density at radius 3 is 2.44 bits per heavy atom. The molecule has 1 rings (SSSR count). The molecule has 1 aromatic rings. The fourth-order valence-corrected chi connectivity index (χ4v) is 1.58. The monoisotopic (exact) mass is 241 g/mol. The summed E-state index contributed by atoms with van der Waals surface area (Å²) in [5, 5.41) is 13.7. The van der Waals surface area contributed by atoms with Crippen molar-refractivity contribution in [3.63, 3.8) is 0 Å². The maximum atomic E-state index is 9.73. The fraction of sp³-hybridized carbons (Fsp3) is 0.538. The van der Waals surface area contributed by atoms with Gasteiger partial charge in [-0.3, -0.25) is 0 Å². The van der Waals surface area contributed by atoms with Crippen molar-refractivity contribution in [2.75, 3.05) is 6.54 Å². The lowest BCUT2D eigenvalue weighted by Gasteiger charge is -2.13. The van der Waals surface area contributed by atoms with E-state index in [0.29, 0.717) is 12.6 Å². The SMILES string of the molecule is CC(C)NCC(O)CCc1ccc(Cl)cc1. The van der Waals surface area contributed by atoms with Gasteiger partial charge in [0.1, 0.15) is 0 Å². The Morgan fingerprint density at radius 1 is 1.25 bits per heavy atom. The summed E-state index contributed by atoms with van der Waals surface area (Å²) in [7, 11) is 0. The van der Waals surface area contributed by atoms with Crippen molar-refractivity contribution >= 4 is 11.6 Å². The molecular weight excluding hydrogens is 222 g/mol. The van der Waals surface area contributed by atoms with Crippen LogP contribution in [0.1, 0.15) is 25.8 Å². The molecule has 3 heteroatoms. The van der Waals surface area contributed by atoms with Gasteiger partial charge >= 0.3 is 0 Å². The molecule has 16 heavy (non-hydrogen) atoms. The summed E-state index contributed by atoms with van der Waals surface area (Å²) in [6, 6.07) is 8.20. The van der Waals surface area contributed by atoms with Crippen molar-refractivity contribution in [2.24, 2.45) is 0 Å². The van der Waals surface area contributed by atoms with Gasteiger partial charge < -0.3 is 10.4 Å². The topological polar surface area (TPSA) is 32.3 Å². The van der Waals surface area contributed by atoms with E-state index < -0.39 is 0 Å². The summed E-state index contributed by atoms with van der Waals surface area (Å²) in [4.78, 5) is 0. The number of nitrogens with one attached hydrogen (secondary N) is 1. The second-order valence-corrected chi connectivity index (χ2v) is 4.82. The average molecular weight is 242 g/mol. The van der Waals surface area contributed by atoms with E-state index in [0.717, 1.165) is 17.9 Å². The number of hydrogen-bond donors (Lipinski definition) is 2. The third-order valence-corrected chi connectivity index (χ3v) is 2.69. The minimum Gasteiger partial charge on any atom is -0.392 e. The third kappa shape index (κ3) is 5.50. The number of benzene rings is 1. The number of aliphatic hydroxyl groups is 1. The van der Waals surface area contributed by atoms with Crippen molar-refractivity contribution < 1.29 is 5.11 Å². The highest BCUT2D eigenvalue weighted by Gasteiger charge is 2.05. The summed E-state index contributed by atoms with van der Waals surface area (Å²) in [6.07, 6.45) is 1.39. The predicted molar refractivity (Wildman–Crippen MR) is 68.9 cm³/mol. The molecule has 0 heterocycles. The standard InChI is InChI=1S/C13H20ClNO/c1-10(2)15-9-13(16)8-5-11-3-6-12(14)7-4-11/h3-4,6-7,10,13,15-16H,5,8-9H2,1-2H3. The number of halogens is 1. The summed E-state index contributed by atoms with van der Waals surface area (Å²) in [5.74, 6) is 0. The normalized spacial score (nSPS) is 13.1. The van der Waals surface area contributed by atoms with E-state index in [1.165, 1.54) is 5.56 Å². The molecule has 0 aliphatic rings. The van der Waals surface area contributed by atoms with Crippen molar-refractivity contribution in [1.29, 1.82) is 0 Å². The van der Waals surface area contributed by atoms with Crippen LogP contribution in [-0.2, 0) is 6.42 Å². The zero-order chi connectivity index (χ0) is 12.0. The molecule has 0 saturated heterocycles. The van der Waals surface area contributed by atoms with Crippen molar-refractivity contribution in [1.82, 2.24) is 5.32 Å². The molecule has 0 spiro atoms. The summed E-state index contributed by atoms with van der Waals surface area (Å²) in [5.41, 5.74) is 1.22. The zero-order valence-corrected chi connectivity index (χ0v) is 10.7. The van der Waals surface area contributed by atoms with E-state index in [9.17, 15) is 5.11 Å². The second-order valence-electron chi connectivity index (χ2n) is 4.38. The lowest BCUT2D eigenvalue weighted by molar-refractivity contribution is 0.159. The molecule has 0 aliphatic carbocycles. The molecule has 2 N–H and O–H groups in total. The molecule has 90 valence electrons. The molecule has 0 bridgehead atoms. The highest BCUT2D eigenvalue weighted by Crippen LogP contribution is 2.11. The van der Waals surface area contributed by atoms with Gasteiger partial charge in [-0.05, 0) is 30.5 Å². The molecule has 2 nitrogen and oxygen atoms in total. The number of aryl methyl sites for hydroxylation is 1. The van der Waals surface area contributed by atoms with Crippen LogP contribution in [0.3, 0.4) is 0 Å². The lowest BCUT2D eigenvalue weighted by Crippen LogP contribution is -2.32. The van der Waals surface area contributed by atoms with Crippen LogP contribution in [0.15, 0.2) is 24.3 Å². The number of hydrogen-bond acceptors (Lipinski definition) is 2. The molecular formula is C13H20ClNO. The van der Waals surface area contributed by atoms with Gasteiger partial charge in [0.05, 0.1) is 6.10 Å². The minimum absolute atomic E-state index is 0.280. The molecule has 1 unspecified atom stereocenters. The molecule has 0 aliphatic heterocycles. The highest BCUT2D eigenvalue weighted by atomic mass is 35.5. The van der Waals surface area contributed by atoms with Crippen LogP contribution >= 0.6 is 11.6 Å². The van der Waals surface area contributed by atoms with Crippen molar-refractivity contribution in [2.45, 2.75) is 38.8 Å². The Bertz CT molecular complexity index is 297. The first-order valence-corrected chi connectivity index (χ1v) is 6.11. The summed E-state index contributed by atoms with van der Waals surface area (Å²) in [6.45, 7) is 4.81.